The number of pyridine rings is 1. The number of ether oxygens (including phenoxy) is 1. The largest absolute Gasteiger partial charge is 0.494 e. The number of anilines is 1. The molecule has 3 aromatic heterocycles. The summed E-state index contributed by atoms with van der Waals surface area (Å²) in [6, 6.07) is 9.17. The number of methoxy groups -OCH3 is 1. The summed E-state index contributed by atoms with van der Waals surface area (Å²) in [6.45, 7) is 6.19. The molecular weight excluding hydrogens is 434 g/mol. The Bertz CT molecular complexity index is 1240. The van der Waals surface area contributed by atoms with Crippen LogP contribution in [0.4, 0.5) is 5.13 Å². The topological polar surface area (TPSA) is 73.1 Å². The van der Waals surface area contributed by atoms with Crippen molar-refractivity contribution in [1.29, 1.82) is 0 Å². The van der Waals surface area contributed by atoms with E-state index in [9.17, 15) is 4.79 Å². The molecule has 31 heavy (non-hydrogen) atoms. The lowest BCUT2D eigenvalue weighted by molar-refractivity contribution is 0.0973. The molecule has 0 saturated heterocycles. The van der Waals surface area contributed by atoms with Crippen molar-refractivity contribution in [3.05, 3.63) is 64.7 Å². The highest BCUT2D eigenvalue weighted by molar-refractivity contribution is 7.23. The number of carbonyl (C=O) groups excluding carboxylic acids is 1. The minimum Gasteiger partial charge on any atom is -0.494 e. The SMILES string of the molecule is COc1ccc(Cl)c2sc(N(Cc3cccnc3)C(=O)c3cc(C)nn3C(C)C)nc12. The third-order valence-corrected chi connectivity index (χ3v) is 6.31. The molecule has 9 heteroatoms. The molecule has 4 aromatic rings. The molecule has 0 radical (unpaired) electrons. The molecule has 3 heterocycles. The number of halogens is 1. The summed E-state index contributed by atoms with van der Waals surface area (Å²) >= 11 is 7.77. The first-order valence-corrected chi connectivity index (χ1v) is 11.0. The van der Waals surface area contributed by atoms with Gasteiger partial charge in [-0.25, -0.2) is 4.98 Å². The summed E-state index contributed by atoms with van der Waals surface area (Å²) in [5.74, 6) is 0.422. The lowest BCUT2D eigenvalue weighted by atomic mass is 10.2. The lowest BCUT2D eigenvalue weighted by Gasteiger charge is -2.21. The third kappa shape index (κ3) is 4.13. The Balaban J connectivity index is 1.85. The second-order valence-corrected chi connectivity index (χ2v) is 8.77. The van der Waals surface area contributed by atoms with Crippen molar-refractivity contribution in [3.63, 3.8) is 0 Å². The fraction of sp³-hybridized carbons (Fsp3) is 0.273. The number of nitrogens with zero attached hydrogens (tertiary/aromatic N) is 5. The molecule has 0 aliphatic rings. The summed E-state index contributed by atoms with van der Waals surface area (Å²) < 4.78 is 7.97. The highest BCUT2D eigenvalue weighted by Crippen LogP contribution is 2.39. The number of aryl methyl sites for hydroxylation is 1. The molecule has 0 bridgehead atoms. The van der Waals surface area contributed by atoms with Gasteiger partial charge in [0.25, 0.3) is 5.91 Å². The van der Waals surface area contributed by atoms with E-state index >= 15 is 0 Å². The van der Waals surface area contributed by atoms with Crippen molar-refractivity contribution in [2.24, 2.45) is 0 Å². The Morgan fingerprint density at radius 1 is 1.32 bits per heavy atom. The average molecular weight is 456 g/mol. The number of hydrogen-bond donors (Lipinski definition) is 0. The van der Waals surface area contributed by atoms with E-state index in [4.69, 9.17) is 21.3 Å². The van der Waals surface area contributed by atoms with E-state index in [2.05, 4.69) is 10.1 Å². The van der Waals surface area contributed by atoms with Gasteiger partial charge in [-0.1, -0.05) is 29.0 Å². The van der Waals surface area contributed by atoms with Crippen LogP contribution in [0.25, 0.3) is 10.2 Å². The van der Waals surface area contributed by atoms with E-state index in [1.165, 1.54) is 11.3 Å². The zero-order valence-electron chi connectivity index (χ0n) is 17.7. The molecule has 0 spiro atoms. The maximum absolute atomic E-state index is 13.8. The Hall–Kier alpha value is -2.97. The smallest absolute Gasteiger partial charge is 0.278 e. The van der Waals surface area contributed by atoms with E-state index in [1.807, 2.05) is 32.9 Å². The van der Waals surface area contributed by atoms with Crippen molar-refractivity contribution < 1.29 is 9.53 Å². The van der Waals surface area contributed by atoms with Gasteiger partial charge in [-0.15, -0.1) is 0 Å². The molecule has 7 nitrogen and oxygen atoms in total. The van der Waals surface area contributed by atoms with Crippen LogP contribution in [0.2, 0.25) is 5.02 Å². The zero-order chi connectivity index (χ0) is 22.1. The molecule has 4 rings (SSSR count). The van der Waals surface area contributed by atoms with E-state index in [1.54, 1.807) is 47.3 Å². The summed E-state index contributed by atoms with van der Waals surface area (Å²) in [5, 5.41) is 5.60. The van der Waals surface area contributed by atoms with E-state index in [-0.39, 0.29) is 11.9 Å². The van der Waals surface area contributed by atoms with Gasteiger partial charge in [0.05, 0.1) is 29.1 Å². The van der Waals surface area contributed by atoms with Gasteiger partial charge in [-0.2, -0.15) is 5.10 Å². The maximum Gasteiger partial charge on any atom is 0.278 e. The van der Waals surface area contributed by atoms with E-state index < -0.39 is 0 Å². The molecule has 0 saturated carbocycles. The van der Waals surface area contributed by atoms with Gasteiger partial charge in [0.2, 0.25) is 0 Å². The normalized spacial score (nSPS) is 11.3. The lowest BCUT2D eigenvalue weighted by Crippen LogP contribution is -2.32. The fourth-order valence-corrected chi connectivity index (χ4v) is 4.58. The number of benzene rings is 1. The van der Waals surface area contributed by atoms with Crippen molar-refractivity contribution in [2.75, 3.05) is 12.0 Å². The van der Waals surface area contributed by atoms with Crippen molar-refractivity contribution in [2.45, 2.75) is 33.4 Å². The first-order chi connectivity index (χ1) is 14.9. The summed E-state index contributed by atoms with van der Waals surface area (Å²) in [7, 11) is 1.59. The number of carbonyl (C=O) groups is 1. The van der Waals surface area contributed by atoms with Gasteiger partial charge in [0, 0.05) is 18.4 Å². The van der Waals surface area contributed by atoms with Gasteiger partial charge in [0.15, 0.2) is 5.13 Å². The maximum atomic E-state index is 13.8. The highest BCUT2D eigenvalue weighted by atomic mass is 35.5. The monoisotopic (exact) mass is 455 g/mol. The second-order valence-electron chi connectivity index (χ2n) is 7.39. The van der Waals surface area contributed by atoms with Crippen LogP contribution < -0.4 is 9.64 Å². The first-order valence-electron chi connectivity index (χ1n) is 9.79. The standard InChI is InChI=1S/C22H22ClN5O2S/c1-13(2)28-17(10-14(3)26-28)21(29)27(12-15-6-5-9-24-11-15)22-25-19-18(30-4)8-7-16(23)20(19)31-22/h5-11,13H,12H2,1-4H3. The van der Waals surface area contributed by atoms with E-state index in [0.29, 0.717) is 33.7 Å². The first kappa shape index (κ1) is 21.3. The molecule has 0 N–H and O–H groups in total. The number of amides is 1. The summed E-state index contributed by atoms with van der Waals surface area (Å²) in [4.78, 5) is 24.3. The number of thiazole rings is 1. The van der Waals surface area contributed by atoms with Gasteiger partial charge in [-0.05, 0) is 50.6 Å². The number of rotatable bonds is 6. The second kappa shape index (κ2) is 8.64. The van der Waals surface area contributed by atoms with Gasteiger partial charge in [-0.3, -0.25) is 19.4 Å². The zero-order valence-corrected chi connectivity index (χ0v) is 19.2. The highest BCUT2D eigenvalue weighted by Gasteiger charge is 2.27. The van der Waals surface area contributed by atoms with Crippen LogP contribution >= 0.6 is 22.9 Å². The van der Waals surface area contributed by atoms with Crippen LogP contribution in [0.1, 0.15) is 41.6 Å². The van der Waals surface area contributed by atoms with Crippen LogP contribution in [0, 0.1) is 6.92 Å². The van der Waals surface area contributed by atoms with Crippen molar-refractivity contribution in [3.8, 4) is 5.75 Å². The van der Waals surface area contributed by atoms with Crippen LogP contribution in [0.15, 0.2) is 42.7 Å². The Labute approximate surface area is 189 Å². The van der Waals surface area contributed by atoms with E-state index in [0.717, 1.165) is 16.0 Å². The average Bonchev–Trinajstić information content (AvgIpc) is 3.37. The number of fused-ring (bicyclic) bond motifs is 1. The Morgan fingerprint density at radius 2 is 2.13 bits per heavy atom. The van der Waals surface area contributed by atoms with Crippen molar-refractivity contribution >= 4 is 44.2 Å². The van der Waals surface area contributed by atoms with Gasteiger partial charge < -0.3 is 4.74 Å². The number of hydrogen-bond acceptors (Lipinski definition) is 6. The predicted octanol–water partition coefficient (Wildman–Crippen LogP) is 5.29. The van der Waals surface area contributed by atoms with Crippen molar-refractivity contribution in [1.82, 2.24) is 19.7 Å². The molecule has 1 amide bonds. The molecule has 160 valence electrons. The van der Waals surface area contributed by atoms with Crippen LogP contribution in [-0.2, 0) is 6.54 Å². The minimum atomic E-state index is -0.188. The molecule has 1 aromatic carbocycles. The molecule has 0 atom stereocenters. The molecule has 0 aliphatic carbocycles. The van der Waals surface area contributed by atoms with Gasteiger partial charge >= 0.3 is 0 Å². The van der Waals surface area contributed by atoms with Crippen LogP contribution in [0.5, 0.6) is 5.75 Å². The van der Waals surface area contributed by atoms with Gasteiger partial charge in [0.1, 0.15) is 17.0 Å². The molecule has 0 aliphatic heterocycles. The molecule has 0 fully saturated rings. The Morgan fingerprint density at radius 3 is 2.81 bits per heavy atom. The molecule has 0 unspecified atom stereocenters. The Kier molecular flexibility index (Phi) is 5.93. The number of aromatic nitrogens is 4. The fourth-order valence-electron chi connectivity index (χ4n) is 3.33. The third-order valence-electron chi connectivity index (χ3n) is 4.77. The minimum absolute atomic E-state index is 0.0396. The predicted molar refractivity (Wildman–Crippen MR) is 123 cm³/mol. The summed E-state index contributed by atoms with van der Waals surface area (Å²) in [5.41, 5.74) is 2.81. The quantitative estimate of drug-likeness (QED) is 0.395. The van der Waals surface area contributed by atoms with Crippen LogP contribution in [-0.4, -0.2) is 32.8 Å². The summed E-state index contributed by atoms with van der Waals surface area (Å²) in [6.07, 6.45) is 3.45. The van der Waals surface area contributed by atoms with Crippen LogP contribution in [0.3, 0.4) is 0 Å². The molecular formula is C22H22ClN5O2S.